The van der Waals surface area contributed by atoms with Gasteiger partial charge in [-0.3, -0.25) is 4.79 Å². The zero-order valence-electron chi connectivity index (χ0n) is 11.5. The first kappa shape index (κ1) is 16.7. The van der Waals surface area contributed by atoms with Crippen molar-refractivity contribution in [2.45, 2.75) is 18.2 Å². The minimum absolute atomic E-state index is 0.00313. The van der Waals surface area contributed by atoms with Crippen molar-refractivity contribution in [1.82, 2.24) is 4.72 Å². The number of aryl methyl sites for hydroxylation is 1. The number of benzene rings is 1. The molecule has 1 aromatic carbocycles. The maximum Gasteiger partial charge on any atom is 0.264 e. The molecule has 0 fully saturated rings. The molecule has 1 aromatic heterocycles. The fourth-order valence-electron chi connectivity index (χ4n) is 1.77. The fraction of sp³-hybridized carbons (Fsp3) is 0.143. The van der Waals surface area contributed by atoms with Crippen LogP contribution in [0.5, 0.6) is 0 Å². The van der Waals surface area contributed by atoms with Crippen LogP contribution in [0.1, 0.15) is 16.0 Å². The van der Waals surface area contributed by atoms with Gasteiger partial charge in [-0.25, -0.2) is 13.1 Å². The Labute approximate surface area is 140 Å². The number of carbonyl (C=O) groups is 1. The highest BCUT2D eigenvalue weighted by molar-refractivity contribution is 9.10. The number of halogens is 1. The van der Waals surface area contributed by atoms with Gasteiger partial charge in [-0.05, 0) is 42.1 Å². The van der Waals surface area contributed by atoms with E-state index in [4.69, 9.17) is 5.26 Å². The number of nitrogens with zero attached hydrogens (tertiary/aromatic N) is 1. The summed E-state index contributed by atoms with van der Waals surface area (Å²) >= 11 is 4.54. The molecule has 0 aliphatic heterocycles. The van der Waals surface area contributed by atoms with Crippen LogP contribution < -0.4 is 4.72 Å². The summed E-state index contributed by atoms with van der Waals surface area (Å²) in [4.78, 5) is 12.5. The third kappa shape index (κ3) is 4.16. The number of nitrogens with one attached hydrogen (secondary N) is 1. The first-order valence-corrected chi connectivity index (χ1v) is 9.26. The first-order valence-electron chi connectivity index (χ1n) is 6.10. The Morgan fingerprint density at radius 3 is 2.68 bits per heavy atom. The molecule has 2 aromatic rings. The summed E-state index contributed by atoms with van der Waals surface area (Å²) in [7, 11) is -4.00. The van der Waals surface area contributed by atoms with E-state index in [1.807, 2.05) is 29.2 Å². The summed E-state index contributed by atoms with van der Waals surface area (Å²) in [5.41, 5.74) is 1.22. The smallest absolute Gasteiger partial charge is 0.264 e. The molecule has 0 atom stereocenters. The molecular weight excluding hydrogens is 388 g/mol. The second kappa shape index (κ2) is 6.60. The van der Waals surface area contributed by atoms with Crippen LogP contribution >= 0.6 is 27.3 Å². The van der Waals surface area contributed by atoms with Gasteiger partial charge >= 0.3 is 0 Å². The number of sulfonamides is 1. The fourth-order valence-corrected chi connectivity index (χ4v) is 4.34. The van der Waals surface area contributed by atoms with Gasteiger partial charge in [-0.1, -0.05) is 15.9 Å². The molecule has 1 heterocycles. The molecule has 0 spiro atoms. The Balaban J connectivity index is 2.19. The van der Waals surface area contributed by atoms with E-state index in [9.17, 15) is 13.2 Å². The van der Waals surface area contributed by atoms with Crippen molar-refractivity contribution in [1.29, 1.82) is 5.26 Å². The minimum Gasteiger partial charge on any atom is -0.274 e. The molecule has 0 saturated heterocycles. The summed E-state index contributed by atoms with van der Waals surface area (Å²) < 4.78 is 26.9. The van der Waals surface area contributed by atoms with E-state index in [0.29, 0.717) is 4.47 Å². The highest BCUT2D eigenvalue weighted by Gasteiger charge is 2.19. The Morgan fingerprint density at radius 1 is 1.36 bits per heavy atom. The number of rotatable bonds is 4. The molecule has 0 radical (unpaired) electrons. The van der Waals surface area contributed by atoms with Crippen LogP contribution in [0.2, 0.25) is 0 Å². The second-order valence-electron chi connectivity index (χ2n) is 4.58. The first-order chi connectivity index (χ1) is 10.3. The Bertz CT molecular complexity index is 866. The Kier molecular flexibility index (Phi) is 5.01. The molecule has 2 rings (SSSR count). The summed E-state index contributed by atoms with van der Waals surface area (Å²) in [6.45, 7) is 1.90. The van der Waals surface area contributed by atoms with Crippen LogP contribution in [0, 0.1) is 18.3 Å². The number of nitriles is 1. The molecule has 1 N–H and O–H groups in total. The van der Waals surface area contributed by atoms with Crippen LogP contribution in [-0.4, -0.2) is 14.3 Å². The predicted octanol–water partition coefficient (Wildman–Crippen LogP) is 2.74. The van der Waals surface area contributed by atoms with Crippen molar-refractivity contribution in [2.75, 3.05) is 0 Å². The lowest BCUT2D eigenvalue weighted by atomic mass is 10.2. The van der Waals surface area contributed by atoms with Crippen molar-refractivity contribution in [3.05, 3.63) is 50.1 Å². The van der Waals surface area contributed by atoms with E-state index in [1.54, 1.807) is 0 Å². The zero-order chi connectivity index (χ0) is 16.3. The number of hydrogen-bond acceptors (Lipinski definition) is 5. The van der Waals surface area contributed by atoms with Crippen LogP contribution in [0.3, 0.4) is 0 Å². The minimum atomic E-state index is -4.00. The molecule has 1 amide bonds. The molecular formula is C14H11BrN2O3S2. The maximum atomic E-state index is 12.2. The van der Waals surface area contributed by atoms with Gasteiger partial charge in [0.15, 0.2) is 0 Å². The average Bonchev–Trinajstić information content (AvgIpc) is 2.82. The lowest BCUT2D eigenvalue weighted by Gasteiger charge is -2.07. The predicted molar refractivity (Wildman–Crippen MR) is 86.9 cm³/mol. The summed E-state index contributed by atoms with van der Waals surface area (Å²) in [6.07, 6.45) is -0.00313. The second-order valence-corrected chi connectivity index (χ2v) is 8.18. The quantitative estimate of drug-likeness (QED) is 0.857. The standard InChI is InChI=1S/C14H11BrN2O3S2/c1-9-2-12(21-8-9)6-14(18)17-22(19,20)13-4-10(7-16)3-11(15)5-13/h2-5,8H,6H2,1H3,(H,17,18). The summed E-state index contributed by atoms with van der Waals surface area (Å²) in [5.74, 6) is -0.611. The van der Waals surface area contributed by atoms with Crippen molar-refractivity contribution in [3.8, 4) is 6.07 Å². The largest absolute Gasteiger partial charge is 0.274 e. The van der Waals surface area contributed by atoms with Gasteiger partial charge in [-0.2, -0.15) is 5.26 Å². The zero-order valence-corrected chi connectivity index (χ0v) is 14.7. The van der Waals surface area contributed by atoms with E-state index >= 15 is 0 Å². The molecule has 0 aliphatic carbocycles. The molecule has 22 heavy (non-hydrogen) atoms. The van der Waals surface area contributed by atoms with Gasteiger partial charge in [0.25, 0.3) is 10.0 Å². The van der Waals surface area contributed by atoms with Crippen molar-refractivity contribution in [2.24, 2.45) is 0 Å². The summed E-state index contributed by atoms with van der Waals surface area (Å²) in [6, 6.07) is 7.76. The summed E-state index contributed by atoms with van der Waals surface area (Å²) in [5, 5.41) is 10.8. The lowest BCUT2D eigenvalue weighted by Crippen LogP contribution is -2.31. The van der Waals surface area contributed by atoms with Crippen LogP contribution in [0.4, 0.5) is 0 Å². The monoisotopic (exact) mass is 398 g/mol. The van der Waals surface area contributed by atoms with Gasteiger partial charge in [0.05, 0.1) is 22.9 Å². The average molecular weight is 399 g/mol. The number of amides is 1. The van der Waals surface area contributed by atoms with Gasteiger partial charge in [0, 0.05) is 9.35 Å². The number of hydrogen-bond donors (Lipinski definition) is 1. The topological polar surface area (TPSA) is 87.0 Å². The highest BCUT2D eigenvalue weighted by Crippen LogP contribution is 2.19. The normalized spacial score (nSPS) is 11.0. The third-order valence-corrected chi connectivity index (χ3v) is 5.54. The molecule has 0 aliphatic rings. The van der Waals surface area contributed by atoms with E-state index in [1.165, 1.54) is 29.5 Å². The van der Waals surface area contributed by atoms with Crippen LogP contribution in [0.15, 0.2) is 39.0 Å². The lowest BCUT2D eigenvalue weighted by molar-refractivity contribution is -0.118. The van der Waals surface area contributed by atoms with E-state index in [2.05, 4.69) is 15.9 Å². The number of carbonyl (C=O) groups excluding carboxylic acids is 1. The molecule has 5 nitrogen and oxygen atoms in total. The van der Waals surface area contributed by atoms with E-state index < -0.39 is 15.9 Å². The van der Waals surface area contributed by atoms with Crippen molar-refractivity contribution < 1.29 is 13.2 Å². The van der Waals surface area contributed by atoms with Gasteiger partial charge in [-0.15, -0.1) is 11.3 Å². The van der Waals surface area contributed by atoms with Crippen LogP contribution in [-0.2, 0) is 21.2 Å². The van der Waals surface area contributed by atoms with E-state index in [0.717, 1.165) is 10.4 Å². The van der Waals surface area contributed by atoms with Gasteiger partial charge < -0.3 is 0 Å². The Morgan fingerprint density at radius 2 is 2.09 bits per heavy atom. The van der Waals surface area contributed by atoms with Gasteiger partial charge in [0.1, 0.15) is 0 Å². The van der Waals surface area contributed by atoms with E-state index in [-0.39, 0.29) is 16.9 Å². The molecule has 0 saturated carbocycles. The molecule has 0 bridgehead atoms. The third-order valence-electron chi connectivity index (χ3n) is 2.68. The Hall–Kier alpha value is -1.69. The molecule has 0 unspecified atom stereocenters. The molecule has 8 heteroatoms. The maximum absolute atomic E-state index is 12.2. The highest BCUT2D eigenvalue weighted by atomic mass is 79.9. The van der Waals surface area contributed by atoms with Crippen molar-refractivity contribution >= 4 is 43.2 Å². The van der Waals surface area contributed by atoms with Crippen molar-refractivity contribution in [3.63, 3.8) is 0 Å². The SMILES string of the molecule is Cc1csc(CC(=O)NS(=O)(=O)c2cc(Br)cc(C#N)c2)c1. The number of thiophene rings is 1. The van der Waals surface area contributed by atoms with Gasteiger partial charge in [0.2, 0.25) is 5.91 Å². The molecule has 114 valence electrons. The van der Waals surface area contributed by atoms with Crippen LogP contribution in [0.25, 0.3) is 0 Å².